The number of aromatic amines is 1. The van der Waals surface area contributed by atoms with Gasteiger partial charge in [-0.05, 0) is 30.9 Å². The second-order valence-electron chi connectivity index (χ2n) is 7.35. The molecule has 0 aliphatic heterocycles. The number of carbonyl (C=O) groups is 1. The third-order valence-electron chi connectivity index (χ3n) is 5.11. The van der Waals surface area contributed by atoms with E-state index >= 15 is 0 Å². The zero-order valence-electron chi connectivity index (χ0n) is 17.7. The predicted octanol–water partition coefficient (Wildman–Crippen LogP) is 2.99. The summed E-state index contributed by atoms with van der Waals surface area (Å²) in [6.45, 7) is 6.83. The maximum Gasteiger partial charge on any atom is 0.330 e. The zero-order valence-corrected chi connectivity index (χ0v) is 17.7. The van der Waals surface area contributed by atoms with Crippen LogP contribution in [0.5, 0.6) is 0 Å². The first-order valence-corrected chi connectivity index (χ1v) is 10.4. The van der Waals surface area contributed by atoms with Crippen molar-refractivity contribution in [3.8, 4) is 0 Å². The highest BCUT2D eigenvalue weighted by molar-refractivity contribution is 5.96. The van der Waals surface area contributed by atoms with E-state index in [1.165, 1.54) is 9.47 Å². The molecule has 1 aromatic heterocycles. The highest BCUT2D eigenvalue weighted by atomic mass is 16.2. The molecule has 7 nitrogen and oxygen atoms in total. The van der Waals surface area contributed by atoms with Crippen LogP contribution in [-0.2, 0) is 17.8 Å². The van der Waals surface area contributed by atoms with Crippen molar-refractivity contribution in [3.63, 3.8) is 0 Å². The molecule has 0 bridgehead atoms. The normalized spacial score (nSPS) is 10.9. The van der Waals surface area contributed by atoms with Gasteiger partial charge in [-0.3, -0.25) is 19.1 Å². The van der Waals surface area contributed by atoms with Gasteiger partial charge in [-0.1, -0.05) is 57.4 Å². The minimum absolute atomic E-state index is 0.0573. The van der Waals surface area contributed by atoms with E-state index in [9.17, 15) is 14.4 Å². The van der Waals surface area contributed by atoms with Gasteiger partial charge in [0.2, 0.25) is 5.91 Å². The number of carbonyl (C=O) groups excluding carboxylic acids is 1. The first kappa shape index (κ1) is 22.5. The van der Waals surface area contributed by atoms with Gasteiger partial charge >= 0.3 is 5.69 Å². The van der Waals surface area contributed by atoms with Crippen molar-refractivity contribution in [2.75, 3.05) is 17.2 Å². The van der Waals surface area contributed by atoms with Crippen molar-refractivity contribution in [3.05, 3.63) is 56.2 Å². The number of anilines is 2. The maximum atomic E-state index is 13.2. The molecule has 158 valence electrons. The molecule has 0 aliphatic carbocycles. The number of aryl methyl sites for hydroxylation is 1. The molecule has 0 saturated heterocycles. The molecule has 1 amide bonds. The Balaban J connectivity index is 2.46. The lowest BCUT2D eigenvalue weighted by molar-refractivity contribution is -0.118. The van der Waals surface area contributed by atoms with E-state index in [-0.39, 0.29) is 23.8 Å². The summed E-state index contributed by atoms with van der Waals surface area (Å²) in [6, 6.07) is 7.68. The number of nitrogen functional groups attached to an aromatic ring is 1. The van der Waals surface area contributed by atoms with Crippen LogP contribution in [0.25, 0.3) is 0 Å². The lowest BCUT2D eigenvalue weighted by Gasteiger charge is -2.25. The molecule has 1 aromatic carbocycles. The number of hydrogen-bond acceptors (Lipinski definition) is 4. The molecule has 0 saturated carbocycles. The predicted molar refractivity (Wildman–Crippen MR) is 117 cm³/mol. The van der Waals surface area contributed by atoms with Gasteiger partial charge < -0.3 is 10.6 Å². The molecule has 2 aromatic rings. The number of nitrogens with one attached hydrogen (secondary N) is 1. The molecular weight excluding hydrogens is 368 g/mol. The Hall–Kier alpha value is -2.83. The number of rotatable bonds is 10. The van der Waals surface area contributed by atoms with Crippen molar-refractivity contribution in [2.45, 2.75) is 65.8 Å². The molecule has 3 N–H and O–H groups in total. The van der Waals surface area contributed by atoms with Crippen molar-refractivity contribution in [1.29, 1.82) is 0 Å². The van der Waals surface area contributed by atoms with Crippen LogP contribution in [0.1, 0.15) is 57.1 Å². The Morgan fingerprint density at radius 2 is 1.79 bits per heavy atom. The van der Waals surface area contributed by atoms with Gasteiger partial charge in [0.25, 0.3) is 5.56 Å². The van der Waals surface area contributed by atoms with Gasteiger partial charge in [0.1, 0.15) is 5.82 Å². The number of unbranched alkanes of at least 4 members (excludes halogenated alkanes) is 3. The number of nitrogens with zero attached hydrogens (tertiary/aromatic N) is 2. The highest BCUT2D eigenvalue weighted by Crippen LogP contribution is 2.20. The van der Waals surface area contributed by atoms with Crippen LogP contribution in [-0.4, -0.2) is 22.0 Å². The molecule has 7 heteroatoms. The molecule has 1 heterocycles. The van der Waals surface area contributed by atoms with Gasteiger partial charge in [0.15, 0.2) is 5.69 Å². The molecule has 0 fully saturated rings. The average Bonchev–Trinajstić information content (AvgIpc) is 2.68. The first-order chi connectivity index (χ1) is 13.9. The summed E-state index contributed by atoms with van der Waals surface area (Å²) in [5.41, 5.74) is 7.09. The van der Waals surface area contributed by atoms with Crippen LogP contribution in [0, 0.1) is 6.92 Å². The van der Waals surface area contributed by atoms with Crippen molar-refractivity contribution < 1.29 is 4.79 Å². The van der Waals surface area contributed by atoms with Gasteiger partial charge in [-0.15, -0.1) is 0 Å². The van der Waals surface area contributed by atoms with Crippen molar-refractivity contribution >= 4 is 17.4 Å². The van der Waals surface area contributed by atoms with Crippen LogP contribution < -0.4 is 21.9 Å². The van der Waals surface area contributed by atoms with Crippen LogP contribution in [0.3, 0.4) is 0 Å². The van der Waals surface area contributed by atoms with Crippen molar-refractivity contribution in [2.24, 2.45) is 0 Å². The second-order valence-corrected chi connectivity index (χ2v) is 7.35. The number of H-pyrrole nitrogens is 1. The summed E-state index contributed by atoms with van der Waals surface area (Å²) in [5, 5.41) is 0. The summed E-state index contributed by atoms with van der Waals surface area (Å²) in [5.74, 6) is -0.143. The van der Waals surface area contributed by atoms with Crippen LogP contribution in [0.15, 0.2) is 33.9 Å². The lowest BCUT2D eigenvalue weighted by atomic mass is 10.0. The Morgan fingerprint density at radius 1 is 1.10 bits per heavy atom. The smallest absolute Gasteiger partial charge is 0.330 e. The molecule has 29 heavy (non-hydrogen) atoms. The van der Waals surface area contributed by atoms with Gasteiger partial charge in [-0.25, -0.2) is 4.79 Å². The fraction of sp³-hybridized carbons (Fsp3) is 0.500. The van der Waals surface area contributed by atoms with Gasteiger partial charge in [0, 0.05) is 13.1 Å². The second kappa shape index (κ2) is 10.6. The monoisotopic (exact) mass is 400 g/mol. The Morgan fingerprint density at radius 3 is 2.45 bits per heavy atom. The third kappa shape index (κ3) is 5.59. The standard InChI is InChI=1S/C22H32N4O3/c1-4-6-10-14-25(18(27)15-17-12-9-8-11-16(17)3)19-20(23)26(13-7-5-2)22(29)24-21(19)28/h8-9,11-12H,4-7,10,13-15,23H2,1-3H3,(H,24,28,29). The molecule has 0 atom stereocenters. The molecule has 0 aliphatic rings. The topological polar surface area (TPSA) is 101 Å². The Labute approximate surface area is 171 Å². The molecule has 2 rings (SSSR count). The minimum Gasteiger partial charge on any atom is -0.383 e. The molecule has 0 radical (unpaired) electrons. The summed E-state index contributed by atoms with van der Waals surface area (Å²) < 4.78 is 1.36. The molecule has 0 unspecified atom stereocenters. The number of nitrogens with two attached hydrogens (primary N) is 1. The van der Waals surface area contributed by atoms with E-state index in [1.54, 1.807) is 0 Å². The van der Waals surface area contributed by atoms with E-state index < -0.39 is 11.2 Å². The van der Waals surface area contributed by atoms with Crippen molar-refractivity contribution in [1.82, 2.24) is 9.55 Å². The van der Waals surface area contributed by atoms with Gasteiger partial charge in [-0.2, -0.15) is 0 Å². The Bertz CT molecular complexity index is 946. The molecular formula is C22H32N4O3. The number of amides is 1. The van der Waals surface area contributed by atoms with E-state index in [0.29, 0.717) is 13.1 Å². The summed E-state index contributed by atoms with van der Waals surface area (Å²) in [4.78, 5) is 41.9. The van der Waals surface area contributed by atoms with E-state index in [2.05, 4.69) is 11.9 Å². The molecule has 0 spiro atoms. The summed E-state index contributed by atoms with van der Waals surface area (Å²) >= 11 is 0. The quantitative estimate of drug-likeness (QED) is 0.599. The minimum atomic E-state index is -0.616. The van der Waals surface area contributed by atoms with E-state index in [4.69, 9.17) is 5.73 Å². The highest BCUT2D eigenvalue weighted by Gasteiger charge is 2.24. The SMILES string of the molecule is CCCCCN(C(=O)Cc1ccccc1C)c1c(N)n(CCCC)c(=O)[nH]c1=O. The summed E-state index contributed by atoms with van der Waals surface area (Å²) in [7, 11) is 0. The number of hydrogen-bond donors (Lipinski definition) is 2. The Kier molecular flexibility index (Phi) is 8.24. The third-order valence-corrected chi connectivity index (χ3v) is 5.11. The lowest BCUT2D eigenvalue weighted by Crippen LogP contribution is -2.42. The van der Waals surface area contributed by atoms with Crippen LogP contribution in [0.2, 0.25) is 0 Å². The van der Waals surface area contributed by atoms with Gasteiger partial charge in [0.05, 0.1) is 6.42 Å². The van der Waals surface area contributed by atoms with E-state index in [1.807, 2.05) is 38.1 Å². The maximum absolute atomic E-state index is 13.2. The largest absolute Gasteiger partial charge is 0.383 e. The van der Waals surface area contributed by atoms with Crippen LogP contribution >= 0.6 is 0 Å². The first-order valence-electron chi connectivity index (χ1n) is 10.4. The fourth-order valence-corrected chi connectivity index (χ4v) is 3.32. The van der Waals surface area contributed by atoms with Crippen LogP contribution in [0.4, 0.5) is 11.5 Å². The summed E-state index contributed by atoms with van der Waals surface area (Å²) in [6.07, 6.45) is 4.48. The van der Waals surface area contributed by atoms with E-state index in [0.717, 1.165) is 43.2 Å². The zero-order chi connectivity index (χ0) is 21.4. The number of benzene rings is 1. The number of aromatic nitrogens is 2. The average molecular weight is 401 g/mol. The fourth-order valence-electron chi connectivity index (χ4n) is 3.32.